The van der Waals surface area contributed by atoms with Crippen molar-refractivity contribution in [2.45, 2.75) is 35.4 Å². The minimum Gasteiger partial charge on any atom is -0.416 e. The Balaban J connectivity index is 1.47. The highest BCUT2D eigenvalue weighted by atomic mass is 35.5. The van der Waals surface area contributed by atoms with Crippen LogP contribution < -0.4 is 5.32 Å². The number of alkyl halides is 1. The fraction of sp³-hybridized carbons (Fsp3) is 0.727. The van der Waals surface area contributed by atoms with Crippen LogP contribution in [-0.2, 0) is 14.6 Å². The van der Waals surface area contributed by atoms with Gasteiger partial charge in [-0.2, -0.15) is 0 Å². The predicted octanol–water partition coefficient (Wildman–Crippen LogP) is 0.560. The van der Waals surface area contributed by atoms with Crippen molar-refractivity contribution in [2.75, 3.05) is 17.3 Å². The van der Waals surface area contributed by atoms with Crippen LogP contribution in [0.15, 0.2) is 9.64 Å². The largest absolute Gasteiger partial charge is 0.416 e. The Labute approximate surface area is 131 Å². The Bertz CT molecular complexity index is 644. The Kier molecular flexibility index (Phi) is 4.15. The summed E-state index contributed by atoms with van der Waals surface area (Å²) in [6, 6.07) is -0.533. The highest BCUT2D eigenvalue weighted by Crippen LogP contribution is 2.39. The zero-order chi connectivity index (χ0) is 15.0. The quantitative estimate of drug-likeness (QED) is 0.610. The van der Waals surface area contributed by atoms with Crippen molar-refractivity contribution >= 4 is 39.1 Å². The van der Waals surface area contributed by atoms with Crippen molar-refractivity contribution in [3.05, 3.63) is 5.89 Å². The maximum Gasteiger partial charge on any atom is 0.277 e. The van der Waals surface area contributed by atoms with Crippen LogP contribution in [0.25, 0.3) is 0 Å². The Morgan fingerprint density at radius 3 is 2.76 bits per heavy atom. The lowest BCUT2D eigenvalue weighted by Crippen LogP contribution is -2.41. The average Bonchev–Trinajstić information content (AvgIpc) is 3.07. The molecule has 1 aliphatic heterocycles. The van der Waals surface area contributed by atoms with E-state index < -0.39 is 21.3 Å². The van der Waals surface area contributed by atoms with E-state index in [-0.39, 0.29) is 23.2 Å². The van der Waals surface area contributed by atoms with Crippen molar-refractivity contribution < 1.29 is 17.6 Å². The van der Waals surface area contributed by atoms with Gasteiger partial charge in [0.15, 0.2) is 9.84 Å². The molecule has 1 aromatic rings. The Hall–Kier alpha value is -0.800. The minimum atomic E-state index is -3.15. The van der Waals surface area contributed by atoms with E-state index in [0.717, 1.165) is 24.6 Å². The molecule has 2 fully saturated rings. The van der Waals surface area contributed by atoms with Crippen LogP contribution in [-0.4, -0.2) is 53.2 Å². The molecule has 21 heavy (non-hydrogen) atoms. The molecule has 0 radical (unpaired) electrons. The molecule has 3 rings (SSSR count). The molecule has 1 aromatic heterocycles. The summed E-state index contributed by atoms with van der Waals surface area (Å²) >= 11 is 7.06. The third-order valence-corrected chi connectivity index (χ3v) is 6.50. The van der Waals surface area contributed by atoms with E-state index in [0.29, 0.717) is 17.0 Å². The summed E-state index contributed by atoms with van der Waals surface area (Å²) in [6.07, 6.45) is 2.14. The van der Waals surface area contributed by atoms with Gasteiger partial charge in [-0.05, 0) is 12.8 Å². The van der Waals surface area contributed by atoms with Crippen LogP contribution >= 0.6 is 23.4 Å². The van der Waals surface area contributed by atoms with Gasteiger partial charge in [0.2, 0.25) is 11.8 Å². The van der Waals surface area contributed by atoms with Gasteiger partial charge in [-0.3, -0.25) is 4.79 Å². The predicted molar refractivity (Wildman–Crippen MR) is 77.2 cm³/mol. The first-order chi connectivity index (χ1) is 9.93. The number of hydrogen-bond acceptors (Lipinski definition) is 7. The van der Waals surface area contributed by atoms with Gasteiger partial charge in [-0.15, -0.1) is 21.8 Å². The molecule has 116 valence electrons. The zero-order valence-corrected chi connectivity index (χ0v) is 13.4. The van der Waals surface area contributed by atoms with Crippen LogP contribution in [0.2, 0.25) is 0 Å². The third-order valence-electron chi connectivity index (χ3n) is 3.31. The molecule has 0 spiro atoms. The van der Waals surface area contributed by atoms with Gasteiger partial charge in [-0.1, -0.05) is 11.8 Å². The van der Waals surface area contributed by atoms with Gasteiger partial charge in [0.25, 0.3) is 5.22 Å². The first-order valence-electron chi connectivity index (χ1n) is 6.53. The average molecular weight is 352 g/mol. The monoisotopic (exact) mass is 351 g/mol. The van der Waals surface area contributed by atoms with Crippen LogP contribution in [0.4, 0.5) is 0 Å². The summed E-state index contributed by atoms with van der Waals surface area (Å²) in [6.45, 7) is 0. The lowest BCUT2D eigenvalue weighted by Gasteiger charge is -2.13. The summed E-state index contributed by atoms with van der Waals surface area (Å²) < 4.78 is 28.2. The normalized spacial score (nSPS) is 27.7. The Morgan fingerprint density at radius 1 is 1.38 bits per heavy atom. The number of nitrogens with one attached hydrogen (secondary N) is 1. The van der Waals surface area contributed by atoms with Crippen molar-refractivity contribution in [1.29, 1.82) is 0 Å². The number of thioether (sulfide) groups is 1. The van der Waals surface area contributed by atoms with Crippen molar-refractivity contribution in [2.24, 2.45) is 0 Å². The van der Waals surface area contributed by atoms with E-state index in [1.807, 2.05) is 0 Å². The van der Waals surface area contributed by atoms with Crippen LogP contribution in [0.3, 0.4) is 0 Å². The van der Waals surface area contributed by atoms with Gasteiger partial charge >= 0.3 is 0 Å². The number of nitrogens with zero attached hydrogens (tertiary/aromatic N) is 2. The molecule has 1 amide bonds. The number of sulfone groups is 1. The zero-order valence-electron chi connectivity index (χ0n) is 11.0. The molecule has 1 saturated carbocycles. The number of aromatic nitrogens is 2. The van der Waals surface area contributed by atoms with Crippen molar-refractivity contribution in [3.63, 3.8) is 0 Å². The summed E-state index contributed by atoms with van der Waals surface area (Å²) in [4.78, 5) is 11.8. The second-order valence-corrected chi connectivity index (χ2v) is 8.88. The standard InChI is InChI=1S/C11H14ClN3O4S2/c12-7-4-21(17,18)5-8(7)13-9(16)3-20-11-15-14-10(19-11)6-1-2-6/h6-8H,1-5H2,(H,13,16)/t7-,8-/m0/s1. The van der Waals surface area contributed by atoms with Crippen LogP contribution in [0, 0.1) is 0 Å². The molecule has 0 bridgehead atoms. The van der Waals surface area contributed by atoms with E-state index >= 15 is 0 Å². The molecule has 0 aromatic carbocycles. The molecule has 7 nitrogen and oxygen atoms in total. The summed E-state index contributed by atoms with van der Waals surface area (Å²) in [5.41, 5.74) is 0. The second kappa shape index (κ2) is 5.77. The molecule has 0 unspecified atom stereocenters. The maximum absolute atomic E-state index is 11.8. The maximum atomic E-state index is 11.8. The molecular formula is C11H14ClN3O4S2. The topological polar surface area (TPSA) is 102 Å². The molecule has 1 saturated heterocycles. The molecule has 2 heterocycles. The Morgan fingerprint density at radius 2 is 2.14 bits per heavy atom. The number of halogens is 1. The van der Waals surface area contributed by atoms with Gasteiger partial charge in [0, 0.05) is 5.92 Å². The summed E-state index contributed by atoms with van der Waals surface area (Å²) in [5.74, 6) is 0.596. The smallest absolute Gasteiger partial charge is 0.277 e. The van der Waals surface area contributed by atoms with E-state index in [9.17, 15) is 13.2 Å². The third kappa shape index (κ3) is 3.89. The first kappa shape index (κ1) is 15.1. The highest BCUT2D eigenvalue weighted by molar-refractivity contribution is 7.99. The van der Waals surface area contributed by atoms with Crippen LogP contribution in [0.5, 0.6) is 0 Å². The van der Waals surface area contributed by atoms with Gasteiger partial charge in [0.1, 0.15) is 0 Å². The highest BCUT2D eigenvalue weighted by Gasteiger charge is 2.37. The number of rotatable bonds is 5. The number of hydrogen-bond donors (Lipinski definition) is 1. The number of carbonyl (C=O) groups is 1. The summed E-state index contributed by atoms with van der Waals surface area (Å²) in [5, 5.41) is 10.2. The second-order valence-electron chi connectivity index (χ2n) is 5.24. The van der Waals surface area contributed by atoms with E-state index in [1.54, 1.807) is 0 Å². The van der Waals surface area contributed by atoms with Gasteiger partial charge in [0.05, 0.1) is 28.7 Å². The molecule has 1 N–H and O–H groups in total. The van der Waals surface area contributed by atoms with Crippen molar-refractivity contribution in [1.82, 2.24) is 15.5 Å². The van der Waals surface area contributed by atoms with E-state index in [2.05, 4.69) is 15.5 Å². The fourth-order valence-corrected chi connectivity index (χ4v) is 5.22. The molecule has 10 heteroatoms. The number of carbonyl (C=O) groups excluding carboxylic acids is 1. The minimum absolute atomic E-state index is 0.0897. The number of amides is 1. The van der Waals surface area contributed by atoms with E-state index in [1.165, 1.54) is 0 Å². The molecule has 2 atom stereocenters. The van der Waals surface area contributed by atoms with Gasteiger partial charge in [-0.25, -0.2) is 8.42 Å². The van der Waals surface area contributed by atoms with Gasteiger partial charge < -0.3 is 9.73 Å². The summed E-state index contributed by atoms with van der Waals surface area (Å²) in [7, 11) is -3.15. The fourth-order valence-electron chi connectivity index (χ4n) is 2.09. The van der Waals surface area contributed by atoms with Crippen molar-refractivity contribution in [3.8, 4) is 0 Å². The molecular weight excluding hydrogens is 338 g/mol. The SMILES string of the molecule is O=C(CSc1nnc(C2CC2)o1)N[C@H]1CS(=O)(=O)C[C@@H]1Cl. The molecule has 2 aliphatic rings. The lowest BCUT2D eigenvalue weighted by molar-refractivity contribution is -0.119. The first-order valence-corrected chi connectivity index (χ1v) is 9.77. The van der Waals surface area contributed by atoms with Crippen LogP contribution in [0.1, 0.15) is 24.7 Å². The molecule has 1 aliphatic carbocycles. The van der Waals surface area contributed by atoms with E-state index in [4.69, 9.17) is 16.0 Å². The lowest BCUT2D eigenvalue weighted by atomic mass is 10.2.